The van der Waals surface area contributed by atoms with Crippen LogP contribution in [0.1, 0.15) is 6.92 Å². The molecule has 0 saturated carbocycles. The monoisotopic (exact) mass is 294 g/mol. The summed E-state index contributed by atoms with van der Waals surface area (Å²) in [4.78, 5) is 27.1. The van der Waals surface area contributed by atoms with Gasteiger partial charge in [-0.2, -0.15) is 4.99 Å². The molecular formula is C13H14N2O4S. The summed E-state index contributed by atoms with van der Waals surface area (Å²) in [7, 11) is 2.90. The summed E-state index contributed by atoms with van der Waals surface area (Å²) in [5.41, 5.74) is 0.807. The zero-order valence-corrected chi connectivity index (χ0v) is 12.2. The number of thiazole rings is 1. The number of carbonyl (C=O) groups is 2. The molecule has 0 fully saturated rings. The Morgan fingerprint density at radius 3 is 2.70 bits per heavy atom. The van der Waals surface area contributed by atoms with Crippen LogP contribution in [-0.4, -0.2) is 30.7 Å². The molecule has 1 aromatic heterocycles. The van der Waals surface area contributed by atoms with Crippen molar-refractivity contribution in [3.8, 4) is 5.75 Å². The molecule has 0 bridgehead atoms. The highest BCUT2D eigenvalue weighted by Crippen LogP contribution is 2.23. The fourth-order valence-electron chi connectivity index (χ4n) is 1.75. The number of ether oxygens (including phenoxy) is 2. The minimum absolute atomic E-state index is 0.00887. The molecule has 0 aliphatic heterocycles. The first-order chi connectivity index (χ1) is 9.55. The van der Waals surface area contributed by atoms with E-state index in [4.69, 9.17) is 4.74 Å². The number of nitrogens with zero attached hydrogens (tertiary/aromatic N) is 2. The Balaban J connectivity index is 2.66. The molecule has 0 unspecified atom stereocenters. The Labute approximate surface area is 119 Å². The fraction of sp³-hybridized carbons (Fsp3) is 0.308. The number of rotatable bonds is 3. The summed E-state index contributed by atoms with van der Waals surface area (Å²) in [5.74, 6) is -0.00833. The molecule has 2 aromatic rings. The second kappa shape index (κ2) is 5.87. The van der Waals surface area contributed by atoms with Crippen molar-refractivity contribution in [2.24, 2.45) is 4.99 Å². The third kappa shape index (κ3) is 2.88. The van der Waals surface area contributed by atoms with E-state index in [1.807, 2.05) is 12.1 Å². The molecular weight excluding hydrogens is 280 g/mol. The van der Waals surface area contributed by atoms with Gasteiger partial charge in [0.05, 0.1) is 24.4 Å². The van der Waals surface area contributed by atoms with Gasteiger partial charge in [0.25, 0.3) is 0 Å². The molecule has 1 amide bonds. The molecule has 0 atom stereocenters. The van der Waals surface area contributed by atoms with Crippen molar-refractivity contribution in [1.82, 2.24) is 4.57 Å². The maximum atomic E-state index is 11.5. The molecule has 6 nitrogen and oxygen atoms in total. The van der Waals surface area contributed by atoms with Gasteiger partial charge in [-0.25, -0.2) is 0 Å². The van der Waals surface area contributed by atoms with Gasteiger partial charge in [-0.15, -0.1) is 0 Å². The summed E-state index contributed by atoms with van der Waals surface area (Å²) in [6.45, 7) is 1.38. The number of carbonyl (C=O) groups excluding carboxylic acids is 2. The molecule has 2 rings (SSSR count). The van der Waals surface area contributed by atoms with Crippen LogP contribution in [0.15, 0.2) is 23.2 Å². The number of hydrogen-bond acceptors (Lipinski definition) is 5. The standard InChI is InChI=1S/C13H14N2O4S/c1-8(16)14-13-15(7-12(17)19-3)10-5-4-9(18-2)6-11(10)20-13/h4-6H,7H2,1-3H3. The lowest BCUT2D eigenvalue weighted by Crippen LogP contribution is -2.22. The second-order valence-corrected chi connectivity index (χ2v) is 5.02. The Morgan fingerprint density at radius 1 is 1.35 bits per heavy atom. The normalized spacial score (nSPS) is 11.7. The fourth-order valence-corrected chi connectivity index (χ4v) is 2.85. The number of hydrogen-bond donors (Lipinski definition) is 0. The van der Waals surface area contributed by atoms with Crippen molar-refractivity contribution in [3.63, 3.8) is 0 Å². The van der Waals surface area contributed by atoms with Gasteiger partial charge in [0.1, 0.15) is 12.3 Å². The van der Waals surface area contributed by atoms with Crippen LogP contribution >= 0.6 is 11.3 Å². The molecule has 0 saturated heterocycles. The lowest BCUT2D eigenvalue weighted by Gasteiger charge is -2.04. The van der Waals surface area contributed by atoms with E-state index >= 15 is 0 Å². The second-order valence-electron chi connectivity index (χ2n) is 4.01. The molecule has 0 aliphatic rings. The van der Waals surface area contributed by atoms with Gasteiger partial charge in [0, 0.05) is 6.92 Å². The van der Waals surface area contributed by atoms with E-state index in [0.717, 1.165) is 10.2 Å². The summed E-state index contributed by atoms with van der Waals surface area (Å²) < 4.78 is 12.4. The van der Waals surface area contributed by atoms with Crippen LogP contribution in [-0.2, 0) is 20.9 Å². The highest BCUT2D eigenvalue weighted by Gasteiger charge is 2.11. The van der Waals surface area contributed by atoms with E-state index in [2.05, 4.69) is 9.73 Å². The lowest BCUT2D eigenvalue weighted by molar-refractivity contribution is -0.141. The Hall–Kier alpha value is -2.15. The summed E-state index contributed by atoms with van der Waals surface area (Å²) in [5, 5.41) is 0. The van der Waals surface area contributed by atoms with Crippen molar-refractivity contribution in [1.29, 1.82) is 0 Å². The largest absolute Gasteiger partial charge is 0.497 e. The predicted octanol–water partition coefficient (Wildman–Crippen LogP) is 1.33. The Kier molecular flexibility index (Phi) is 4.19. The molecule has 1 heterocycles. The lowest BCUT2D eigenvalue weighted by atomic mass is 10.3. The van der Waals surface area contributed by atoms with Gasteiger partial charge < -0.3 is 14.0 Å². The van der Waals surface area contributed by atoms with Crippen molar-refractivity contribution in [3.05, 3.63) is 23.0 Å². The molecule has 0 radical (unpaired) electrons. The number of methoxy groups -OCH3 is 2. The van der Waals surface area contributed by atoms with Crippen LogP contribution < -0.4 is 9.54 Å². The predicted molar refractivity (Wildman–Crippen MR) is 74.6 cm³/mol. The van der Waals surface area contributed by atoms with Crippen LogP contribution in [0.4, 0.5) is 0 Å². The zero-order valence-electron chi connectivity index (χ0n) is 11.4. The van der Waals surface area contributed by atoms with Crippen LogP contribution in [0.5, 0.6) is 5.75 Å². The summed E-state index contributed by atoms with van der Waals surface area (Å²) >= 11 is 1.32. The molecule has 7 heteroatoms. The van der Waals surface area contributed by atoms with Gasteiger partial charge in [-0.1, -0.05) is 11.3 Å². The average molecular weight is 294 g/mol. The first-order valence-electron chi connectivity index (χ1n) is 5.84. The first-order valence-corrected chi connectivity index (χ1v) is 6.66. The third-order valence-corrected chi connectivity index (χ3v) is 3.70. The minimum atomic E-state index is -0.398. The topological polar surface area (TPSA) is 69.9 Å². The zero-order chi connectivity index (χ0) is 14.7. The van der Waals surface area contributed by atoms with E-state index in [1.54, 1.807) is 17.7 Å². The maximum Gasteiger partial charge on any atom is 0.325 e. The third-order valence-electron chi connectivity index (χ3n) is 2.66. The van der Waals surface area contributed by atoms with Gasteiger partial charge in [-0.3, -0.25) is 9.59 Å². The Morgan fingerprint density at radius 2 is 2.10 bits per heavy atom. The molecule has 0 aliphatic carbocycles. The number of fused-ring (bicyclic) bond motifs is 1. The van der Waals surface area contributed by atoms with Crippen LogP contribution in [0.3, 0.4) is 0 Å². The van der Waals surface area contributed by atoms with Crippen LogP contribution in [0, 0.1) is 0 Å². The number of aromatic nitrogens is 1. The van der Waals surface area contributed by atoms with Crippen molar-refractivity contribution < 1.29 is 19.1 Å². The smallest absolute Gasteiger partial charge is 0.325 e. The molecule has 0 spiro atoms. The number of amides is 1. The Bertz CT molecular complexity index is 730. The molecule has 20 heavy (non-hydrogen) atoms. The highest BCUT2D eigenvalue weighted by molar-refractivity contribution is 7.16. The first kappa shape index (κ1) is 14.3. The van der Waals surface area contributed by atoms with E-state index in [-0.39, 0.29) is 12.5 Å². The van der Waals surface area contributed by atoms with Crippen molar-refractivity contribution in [2.75, 3.05) is 14.2 Å². The minimum Gasteiger partial charge on any atom is -0.497 e. The number of benzene rings is 1. The van der Waals surface area contributed by atoms with Gasteiger partial charge in [-0.05, 0) is 18.2 Å². The average Bonchev–Trinajstić information content (AvgIpc) is 2.74. The summed E-state index contributed by atoms with van der Waals surface area (Å²) in [6.07, 6.45) is 0. The van der Waals surface area contributed by atoms with E-state index in [9.17, 15) is 9.59 Å². The van der Waals surface area contributed by atoms with Crippen molar-refractivity contribution in [2.45, 2.75) is 13.5 Å². The summed E-state index contributed by atoms with van der Waals surface area (Å²) in [6, 6.07) is 5.46. The molecule has 0 N–H and O–H groups in total. The highest BCUT2D eigenvalue weighted by atomic mass is 32.1. The van der Waals surface area contributed by atoms with Crippen LogP contribution in [0.25, 0.3) is 10.2 Å². The van der Waals surface area contributed by atoms with Gasteiger partial charge in [0.15, 0.2) is 4.80 Å². The van der Waals surface area contributed by atoms with E-state index < -0.39 is 5.97 Å². The van der Waals surface area contributed by atoms with Gasteiger partial charge in [0.2, 0.25) is 5.91 Å². The number of esters is 1. The molecule has 1 aromatic carbocycles. The van der Waals surface area contributed by atoms with Crippen molar-refractivity contribution >= 4 is 33.4 Å². The van der Waals surface area contributed by atoms with Crippen LogP contribution in [0.2, 0.25) is 0 Å². The van der Waals surface area contributed by atoms with Gasteiger partial charge >= 0.3 is 5.97 Å². The SMILES string of the molecule is COC(=O)Cn1c(=NC(C)=O)sc2cc(OC)ccc21. The molecule has 106 valence electrons. The quantitative estimate of drug-likeness (QED) is 0.801. The maximum absolute atomic E-state index is 11.5. The van der Waals surface area contributed by atoms with E-state index in [0.29, 0.717) is 10.6 Å². The van der Waals surface area contributed by atoms with E-state index in [1.165, 1.54) is 25.4 Å².